The van der Waals surface area contributed by atoms with E-state index in [0.717, 1.165) is 10.9 Å². The number of aromatic nitrogens is 4. The SMILES string of the molecule is Cc1cc(=O)oc2cc(Oc3ncnc4nc[nH]c34)ccc12. The van der Waals surface area contributed by atoms with Crippen molar-refractivity contribution in [3.8, 4) is 11.6 Å². The minimum absolute atomic E-state index is 0.358. The summed E-state index contributed by atoms with van der Waals surface area (Å²) in [5.74, 6) is 0.868. The molecule has 3 aromatic heterocycles. The maximum atomic E-state index is 11.5. The van der Waals surface area contributed by atoms with E-state index in [4.69, 9.17) is 9.15 Å². The van der Waals surface area contributed by atoms with Gasteiger partial charge < -0.3 is 14.1 Å². The normalized spacial score (nSPS) is 11.1. The van der Waals surface area contributed by atoms with Crippen LogP contribution in [0.1, 0.15) is 5.56 Å². The fourth-order valence-corrected chi connectivity index (χ4v) is 2.30. The summed E-state index contributed by atoms with van der Waals surface area (Å²) in [6.07, 6.45) is 2.90. The summed E-state index contributed by atoms with van der Waals surface area (Å²) < 4.78 is 11.0. The molecule has 108 valence electrons. The van der Waals surface area contributed by atoms with Gasteiger partial charge in [-0.15, -0.1) is 0 Å². The van der Waals surface area contributed by atoms with Crippen LogP contribution in [0.2, 0.25) is 0 Å². The number of nitrogens with zero attached hydrogens (tertiary/aromatic N) is 3. The van der Waals surface area contributed by atoms with Gasteiger partial charge in [-0.1, -0.05) is 0 Å². The van der Waals surface area contributed by atoms with Crippen molar-refractivity contribution >= 4 is 22.1 Å². The highest BCUT2D eigenvalue weighted by Crippen LogP contribution is 2.27. The lowest BCUT2D eigenvalue weighted by atomic mass is 10.1. The molecular weight excluding hydrogens is 284 g/mol. The van der Waals surface area contributed by atoms with E-state index < -0.39 is 0 Å². The van der Waals surface area contributed by atoms with Gasteiger partial charge in [0.1, 0.15) is 23.2 Å². The number of H-pyrrole nitrogens is 1. The molecule has 0 radical (unpaired) electrons. The number of rotatable bonds is 2. The minimum atomic E-state index is -0.389. The monoisotopic (exact) mass is 294 g/mol. The average molecular weight is 294 g/mol. The molecule has 0 amide bonds. The van der Waals surface area contributed by atoms with Crippen molar-refractivity contribution in [1.29, 1.82) is 0 Å². The molecule has 0 aliphatic rings. The number of aryl methyl sites for hydroxylation is 1. The number of imidazole rings is 1. The Morgan fingerprint density at radius 3 is 3.00 bits per heavy atom. The molecule has 0 saturated heterocycles. The molecule has 7 nitrogen and oxygen atoms in total. The van der Waals surface area contributed by atoms with Crippen LogP contribution >= 0.6 is 0 Å². The Morgan fingerprint density at radius 2 is 2.09 bits per heavy atom. The second-order valence-corrected chi connectivity index (χ2v) is 4.79. The van der Waals surface area contributed by atoms with E-state index in [0.29, 0.717) is 28.4 Å². The van der Waals surface area contributed by atoms with Gasteiger partial charge in [0.05, 0.1) is 6.33 Å². The molecule has 0 fully saturated rings. The number of nitrogens with one attached hydrogen (secondary N) is 1. The second kappa shape index (κ2) is 4.66. The van der Waals surface area contributed by atoms with Crippen LogP contribution in [0.3, 0.4) is 0 Å². The van der Waals surface area contributed by atoms with E-state index in [1.54, 1.807) is 12.1 Å². The predicted molar refractivity (Wildman–Crippen MR) is 79.0 cm³/mol. The first-order valence-electron chi connectivity index (χ1n) is 6.57. The second-order valence-electron chi connectivity index (χ2n) is 4.79. The lowest BCUT2D eigenvalue weighted by Gasteiger charge is -2.06. The van der Waals surface area contributed by atoms with Gasteiger partial charge in [-0.2, -0.15) is 4.98 Å². The van der Waals surface area contributed by atoms with E-state index in [9.17, 15) is 4.79 Å². The summed E-state index contributed by atoms with van der Waals surface area (Å²) in [6, 6.07) is 6.75. The molecule has 4 rings (SSSR count). The molecule has 0 aliphatic heterocycles. The summed E-state index contributed by atoms with van der Waals surface area (Å²) in [5, 5.41) is 0.862. The van der Waals surface area contributed by atoms with Crippen LogP contribution in [0, 0.1) is 6.92 Å². The summed E-state index contributed by atoms with van der Waals surface area (Å²) in [7, 11) is 0. The molecule has 0 spiro atoms. The van der Waals surface area contributed by atoms with Gasteiger partial charge in [0, 0.05) is 17.5 Å². The van der Waals surface area contributed by atoms with Crippen LogP contribution in [0.4, 0.5) is 0 Å². The van der Waals surface area contributed by atoms with Gasteiger partial charge in [-0.3, -0.25) is 0 Å². The Hall–Kier alpha value is -3.22. The van der Waals surface area contributed by atoms with Gasteiger partial charge in [-0.25, -0.2) is 14.8 Å². The third-order valence-electron chi connectivity index (χ3n) is 3.33. The zero-order chi connectivity index (χ0) is 15.1. The van der Waals surface area contributed by atoms with Crippen molar-refractivity contribution < 1.29 is 9.15 Å². The molecular formula is C15H10N4O3. The lowest BCUT2D eigenvalue weighted by Crippen LogP contribution is -1.98. The van der Waals surface area contributed by atoms with Crippen molar-refractivity contribution in [3.63, 3.8) is 0 Å². The number of aromatic amines is 1. The van der Waals surface area contributed by atoms with Crippen molar-refractivity contribution in [1.82, 2.24) is 19.9 Å². The van der Waals surface area contributed by atoms with Crippen LogP contribution in [0.5, 0.6) is 11.6 Å². The zero-order valence-electron chi connectivity index (χ0n) is 11.5. The standard InChI is InChI=1S/C15H10N4O3/c1-8-4-12(20)22-11-5-9(2-3-10(8)11)21-15-13-14(17-6-16-13)18-7-19-15/h2-7H,1H3,(H,16,17,18,19). The summed E-state index contributed by atoms with van der Waals surface area (Å²) >= 11 is 0. The Labute approximate surface area is 123 Å². The quantitative estimate of drug-likeness (QED) is 0.571. The predicted octanol–water partition coefficient (Wildman–Crippen LogP) is 2.56. The van der Waals surface area contributed by atoms with Crippen molar-refractivity contribution in [2.24, 2.45) is 0 Å². The fraction of sp³-hybridized carbons (Fsp3) is 0.0667. The van der Waals surface area contributed by atoms with Crippen LogP contribution in [0.25, 0.3) is 22.1 Å². The van der Waals surface area contributed by atoms with Crippen LogP contribution < -0.4 is 10.4 Å². The van der Waals surface area contributed by atoms with Crippen molar-refractivity contribution in [3.05, 3.63) is 52.9 Å². The summed E-state index contributed by atoms with van der Waals surface area (Å²) in [4.78, 5) is 26.6. The average Bonchev–Trinajstić information content (AvgIpc) is 2.96. The highest BCUT2D eigenvalue weighted by atomic mass is 16.5. The van der Waals surface area contributed by atoms with Crippen LogP contribution in [-0.2, 0) is 0 Å². The molecule has 1 aromatic carbocycles. The fourth-order valence-electron chi connectivity index (χ4n) is 2.30. The van der Waals surface area contributed by atoms with Gasteiger partial charge in [0.2, 0.25) is 5.88 Å². The number of fused-ring (bicyclic) bond motifs is 2. The van der Waals surface area contributed by atoms with E-state index in [1.165, 1.54) is 18.7 Å². The van der Waals surface area contributed by atoms with Crippen molar-refractivity contribution in [2.75, 3.05) is 0 Å². The molecule has 0 aliphatic carbocycles. The summed E-state index contributed by atoms with van der Waals surface area (Å²) in [5.41, 5.74) is 2.06. The maximum absolute atomic E-state index is 11.5. The van der Waals surface area contributed by atoms with E-state index >= 15 is 0 Å². The maximum Gasteiger partial charge on any atom is 0.336 e. The van der Waals surface area contributed by atoms with Crippen molar-refractivity contribution in [2.45, 2.75) is 6.92 Å². The van der Waals surface area contributed by atoms with Crippen LogP contribution in [0.15, 0.2) is 46.1 Å². The molecule has 1 N–H and O–H groups in total. The molecule has 4 aromatic rings. The van der Waals surface area contributed by atoms with Crippen LogP contribution in [-0.4, -0.2) is 19.9 Å². The largest absolute Gasteiger partial charge is 0.437 e. The number of hydrogen-bond acceptors (Lipinski definition) is 6. The molecule has 0 unspecified atom stereocenters. The van der Waals surface area contributed by atoms with E-state index in [-0.39, 0.29) is 5.63 Å². The van der Waals surface area contributed by atoms with Gasteiger partial charge in [0.15, 0.2) is 5.65 Å². The first-order valence-corrected chi connectivity index (χ1v) is 6.57. The van der Waals surface area contributed by atoms with Gasteiger partial charge in [-0.05, 0) is 24.6 Å². The third kappa shape index (κ3) is 1.99. The highest BCUT2D eigenvalue weighted by Gasteiger charge is 2.10. The van der Waals surface area contributed by atoms with Gasteiger partial charge >= 0.3 is 5.63 Å². The molecule has 22 heavy (non-hydrogen) atoms. The molecule has 0 saturated carbocycles. The first kappa shape index (κ1) is 12.5. The topological polar surface area (TPSA) is 93.9 Å². The van der Waals surface area contributed by atoms with E-state index in [2.05, 4.69) is 19.9 Å². The highest BCUT2D eigenvalue weighted by molar-refractivity contribution is 5.81. The summed E-state index contributed by atoms with van der Waals surface area (Å²) in [6.45, 7) is 1.86. The Morgan fingerprint density at radius 1 is 1.18 bits per heavy atom. The molecule has 0 atom stereocenters. The minimum Gasteiger partial charge on any atom is -0.437 e. The Kier molecular flexibility index (Phi) is 2.65. The Bertz CT molecular complexity index is 1050. The molecule has 0 bridgehead atoms. The lowest BCUT2D eigenvalue weighted by molar-refractivity contribution is 0.465. The smallest absolute Gasteiger partial charge is 0.336 e. The third-order valence-corrected chi connectivity index (χ3v) is 3.33. The van der Waals surface area contributed by atoms with Gasteiger partial charge in [0.25, 0.3) is 0 Å². The molecule has 3 heterocycles. The number of hydrogen-bond donors (Lipinski definition) is 1. The first-order chi connectivity index (χ1) is 10.7. The number of benzene rings is 1. The Balaban J connectivity index is 1.81. The zero-order valence-corrected chi connectivity index (χ0v) is 11.5. The number of ether oxygens (including phenoxy) is 1. The van der Waals surface area contributed by atoms with E-state index in [1.807, 2.05) is 13.0 Å². The molecule has 7 heteroatoms.